The number of hydrogen-bond acceptors (Lipinski definition) is 5. The summed E-state index contributed by atoms with van der Waals surface area (Å²) in [5.74, 6) is -0.339. The summed E-state index contributed by atoms with van der Waals surface area (Å²) in [5, 5.41) is 5.65. The lowest BCUT2D eigenvalue weighted by atomic mass is 9.90. The van der Waals surface area contributed by atoms with E-state index in [0.717, 1.165) is 12.8 Å². The number of nitrogens with two attached hydrogens (primary N) is 1. The minimum Gasteiger partial charge on any atom is -0.381 e. The number of amides is 2. The monoisotopic (exact) mass is 369 g/mol. The molecular weight excluding hydrogens is 346 g/mol. The van der Waals surface area contributed by atoms with Gasteiger partial charge < -0.3 is 25.8 Å². The second-order valence-electron chi connectivity index (χ2n) is 6.29. The zero-order valence-corrected chi connectivity index (χ0v) is 14.8. The molecule has 0 saturated carbocycles. The zero-order chi connectivity index (χ0) is 17.0. The number of halogens is 1. The van der Waals surface area contributed by atoms with Crippen molar-refractivity contribution in [2.24, 2.45) is 5.73 Å². The molecule has 0 spiro atoms. The second-order valence-corrected chi connectivity index (χ2v) is 6.29. The number of anilines is 2. The fraction of sp³-hybridized carbons (Fsp3) is 0.529. The average Bonchev–Trinajstić information content (AvgIpc) is 3.12. The summed E-state index contributed by atoms with van der Waals surface area (Å²) in [6, 6.07) is 6.97. The fourth-order valence-electron chi connectivity index (χ4n) is 2.86. The van der Waals surface area contributed by atoms with Crippen molar-refractivity contribution in [3.63, 3.8) is 0 Å². The maximum atomic E-state index is 12.3. The van der Waals surface area contributed by atoms with Gasteiger partial charge >= 0.3 is 0 Å². The Morgan fingerprint density at radius 1 is 1.04 bits per heavy atom. The Hall–Kier alpha value is -1.67. The van der Waals surface area contributed by atoms with E-state index in [0.29, 0.717) is 44.0 Å². The number of carbonyl (C=O) groups is 2. The largest absolute Gasteiger partial charge is 0.381 e. The molecule has 2 aliphatic rings. The van der Waals surface area contributed by atoms with Crippen LogP contribution in [0.4, 0.5) is 11.4 Å². The molecule has 1 unspecified atom stereocenters. The molecule has 0 aromatic heterocycles. The first-order valence-corrected chi connectivity index (χ1v) is 8.27. The summed E-state index contributed by atoms with van der Waals surface area (Å²) in [6.45, 7) is 1.63. The average molecular weight is 370 g/mol. The van der Waals surface area contributed by atoms with Crippen molar-refractivity contribution in [1.82, 2.24) is 0 Å². The molecule has 138 valence electrons. The molecular formula is C17H24ClN3O4. The molecule has 2 saturated heterocycles. The molecule has 1 aromatic rings. The number of carbonyl (C=O) groups excluding carboxylic acids is 2. The van der Waals surface area contributed by atoms with Gasteiger partial charge in [0.15, 0.2) is 0 Å². The summed E-state index contributed by atoms with van der Waals surface area (Å²) >= 11 is 0. The lowest BCUT2D eigenvalue weighted by molar-refractivity contribution is -0.125. The second kappa shape index (κ2) is 8.62. The van der Waals surface area contributed by atoms with Crippen molar-refractivity contribution < 1.29 is 19.1 Å². The predicted octanol–water partition coefficient (Wildman–Crippen LogP) is 1.67. The van der Waals surface area contributed by atoms with Crippen LogP contribution >= 0.6 is 12.4 Å². The number of hydrogen-bond donors (Lipinski definition) is 3. The number of ether oxygens (including phenoxy) is 2. The van der Waals surface area contributed by atoms with Crippen molar-refractivity contribution in [1.29, 1.82) is 0 Å². The normalized spacial score (nSPS) is 21.9. The standard InChI is InChI=1S/C17H23N3O4.ClH/c18-17(7-10-23-11-8-17)16(22)20-13-5-3-12(4-6-13)19-15(21)14-2-1-9-24-14;/h3-6,14H,1-2,7-11,18H2,(H,19,21)(H,20,22);1H. The van der Waals surface area contributed by atoms with Gasteiger partial charge in [-0.2, -0.15) is 0 Å². The minimum absolute atomic E-state index is 0. The molecule has 0 bridgehead atoms. The van der Waals surface area contributed by atoms with E-state index in [1.165, 1.54) is 0 Å². The summed E-state index contributed by atoms with van der Waals surface area (Å²) in [5.41, 5.74) is 6.58. The number of benzene rings is 1. The smallest absolute Gasteiger partial charge is 0.253 e. The lowest BCUT2D eigenvalue weighted by Crippen LogP contribution is -2.54. The maximum absolute atomic E-state index is 12.3. The van der Waals surface area contributed by atoms with Gasteiger partial charge in [-0.25, -0.2) is 0 Å². The van der Waals surface area contributed by atoms with E-state index in [2.05, 4.69) is 10.6 Å². The first kappa shape index (κ1) is 19.7. The Kier molecular flexibility index (Phi) is 6.78. The number of nitrogens with one attached hydrogen (secondary N) is 2. The SMILES string of the molecule is Cl.NC1(C(=O)Nc2ccc(NC(=O)C3CCCO3)cc2)CCOCC1. The molecule has 7 nitrogen and oxygen atoms in total. The summed E-state index contributed by atoms with van der Waals surface area (Å²) in [7, 11) is 0. The van der Waals surface area contributed by atoms with E-state index in [-0.39, 0.29) is 30.3 Å². The Morgan fingerprint density at radius 3 is 2.20 bits per heavy atom. The lowest BCUT2D eigenvalue weighted by Gasteiger charge is -2.31. The molecule has 1 atom stereocenters. The van der Waals surface area contributed by atoms with Crippen molar-refractivity contribution >= 4 is 35.6 Å². The molecule has 8 heteroatoms. The third kappa shape index (κ3) is 4.92. The summed E-state index contributed by atoms with van der Waals surface area (Å²) in [4.78, 5) is 24.3. The molecule has 2 heterocycles. The van der Waals surface area contributed by atoms with Gasteiger partial charge in [-0.3, -0.25) is 9.59 Å². The van der Waals surface area contributed by atoms with Crippen LogP contribution in [0.25, 0.3) is 0 Å². The van der Waals surface area contributed by atoms with Gasteiger partial charge in [0.1, 0.15) is 11.6 Å². The van der Waals surface area contributed by atoms with Crippen LogP contribution in [0.15, 0.2) is 24.3 Å². The van der Waals surface area contributed by atoms with Gasteiger partial charge in [0.25, 0.3) is 5.91 Å². The third-order valence-corrected chi connectivity index (χ3v) is 4.47. The topological polar surface area (TPSA) is 103 Å². The molecule has 3 rings (SSSR count). The molecule has 2 aliphatic heterocycles. The van der Waals surface area contributed by atoms with E-state index in [1.807, 2.05) is 0 Å². The first-order chi connectivity index (χ1) is 11.6. The quantitative estimate of drug-likeness (QED) is 0.749. The van der Waals surface area contributed by atoms with Gasteiger partial charge in [0.2, 0.25) is 5.91 Å². The van der Waals surface area contributed by atoms with Crippen LogP contribution < -0.4 is 16.4 Å². The van der Waals surface area contributed by atoms with E-state index in [9.17, 15) is 9.59 Å². The van der Waals surface area contributed by atoms with Crippen LogP contribution in [-0.4, -0.2) is 43.3 Å². The van der Waals surface area contributed by atoms with Crippen molar-refractivity contribution in [3.8, 4) is 0 Å². The van der Waals surface area contributed by atoms with E-state index < -0.39 is 5.54 Å². The molecule has 4 N–H and O–H groups in total. The highest BCUT2D eigenvalue weighted by molar-refractivity contribution is 5.98. The van der Waals surface area contributed by atoms with Crippen LogP contribution in [0.5, 0.6) is 0 Å². The highest BCUT2D eigenvalue weighted by Crippen LogP contribution is 2.21. The highest BCUT2D eigenvalue weighted by atomic mass is 35.5. The van der Waals surface area contributed by atoms with Gasteiger partial charge in [-0.15, -0.1) is 12.4 Å². The van der Waals surface area contributed by atoms with Crippen molar-refractivity contribution in [3.05, 3.63) is 24.3 Å². The Bertz CT molecular complexity index is 596. The molecule has 0 aliphatic carbocycles. The molecule has 0 radical (unpaired) electrons. The molecule has 25 heavy (non-hydrogen) atoms. The fourth-order valence-corrected chi connectivity index (χ4v) is 2.86. The number of rotatable bonds is 4. The van der Waals surface area contributed by atoms with E-state index >= 15 is 0 Å². The van der Waals surface area contributed by atoms with Crippen LogP contribution in [0, 0.1) is 0 Å². The zero-order valence-electron chi connectivity index (χ0n) is 14.0. The highest BCUT2D eigenvalue weighted by Gasteiger charge is 2.35. The van der Waals surface area contributed by atoms with E-state index in [4.69, 9.17) is 15.2 Å². The Labute approximate surface area is 153 Å². The van der Waals surface area contributed by atoms with Crippen molar-refractivity contribution in [2.45, 2.75) is 37.3 Å². The third-order valence-electron chi connectivity index (χ3n) is 4.47. The maximum Gasteiger partial charge on any atom is 0.253 e. The first-order valence-electron chi connectivity index (χ1n) is 8.27. The van der Waals surface area contributed by atoms with Crippen molar-refractivity contribution in [2.75, 3.05) is 30.5 Å². The molecule has 2 amide bonds. The van der Waals surface area contributed by atoms with Crippen LogP contribution in [0.1, 0.15) is 25.7 Å². The Morgan fingerprint density at radius 2 is 1.64 bits per heavy atom. The van der Waals surface area contributed by atoms with Gasteiger partial charge in [0.05, 0.1) is 0 Å². The predicted molar refractivity (Wildman–Crippen MR) is 96.9 cm³/mol. The Balaban J connectivity index is 0.00000225. The van der Waals surface area contributed by atoms with Crippen LogP contribution in [0.3, 0.4) is 0 Å². The van der Waals surface area contributed by atoms with Gasteiger partial charge in [-0.05, 0) is 49.9 Å². The summed E-state index contributed by atoms with van der Waals surface area (Å²) < 4.78 is 10.6. The molecule has 1 aromatic carbocycles. The van der Waals surface area contributed by atoms with Crippen LogP contribution in [0.2, 0.25) is 0 Å². The van der Waals surface area contributed by atoms with Gasteiger partial charge in [0, 0.05) is 31.2 Å². The molecule has 2 fully saturated rings. The van der Waals surface area contributed by atoms with Gasteiger partial charge in [-0.1, -0.05) is 0 Å². The minimum atomic E-state index is -0.884. The van der Waals surface area contributed by atoms with Crippen LogP contribution in [-0.2, 0) is 19.1 Å². The van der Waals surface area contributed by atoms with E-state index in [1.54, 1.807) is 24.3 Å². The summed E-state index contributed by atoms with van der Waals surface area (Å²) in [6.07, 6.45) is 2.31.